The van der Waals surface area contributed by atoms with E-state index in [2.05, 4.69) is 0 Å². The molecule has 0 N–H and O–H groups in total. The van der Waals surface area contributed by atoms with Gasteiger partial charge in [-0.15, -0.1) is 0 Å². The summed E-state index contributed by atoms with van der Waals surface area (Å²) >= 11 is 12.2. The van der Waals surface area contributed by atoms with E-state index in [4.69, 9.17) is 32.7 Å². The molecule has 3 rings (SSSR count). The molecule has 0 aliphatic carbocycles. The minimum atomic E-state index is -0.582. The number of rotatable bonds is 6. The Morgan fingerprint density at radius 2 is 1.93 bits per heavy atom. The summed E-state index contributed by atoms with van der Waals surface area (Å²) < 4.78 is 10.8. The number of carbonyl (C=O) groups is 1. The summed E-state index contributed by atoms with van der Waals surface area (Å²) in [6, 6.07) is 7.45. The third-order valence-electron chi connectivity index (χ3n) is 4.22. The fourth-order valence-corrected chi connectivity index (χ4v) is 3.41. The van der Waals surface area contributed by atoms with Gasteiger partial charge in [-0.1, -0.05) is 23.2 Å². The number of hydrogen-bond acceptors (Lipinski definition) is 5. The van der Waals surface area contributed by atoms with Crippen LogP contribution < -0.4 is 4.74 Å². The molecule has 0 unspecified atom stereocenters. The van der Waals surface area contributed by atoms with Crippen LogP contribution in [0.3, 0.4) is 0 Å². The van der Waals surface area contributed by atoms with E-state index in [0.29, 0.717) is 37.4 Å². The van der Waals surface area contributed by atoms with E-state index in [9.17, 15) is 14.9 Å². The average Bonchev–Trinajstić information content (AvgIpc) is 2.64. The highest BCUT2D eigenvalue weighted by Crippen LogP contribution is 2.40. The molecule has 0 spiro atoms. The summed E-state index contributed by atoms with van der Waals surface area (Å²) in [7, 11) is 1.60. The Kier molecular flexibility index (Phi) is 5.84. The monoisotopic (exact) mass is 410 g/mol. The summed E-state index contributed by atoms with van der Waals surface area (Å²) in [5.41, 5.74) is 1.26. The number of nitro benzene ring substituents is 1. The molecule has 142 valence electrons. The number of carbonyl (C=O) groups excluding carboxylic acids is 1. The minimum Gasteiger partial charge on any atom is -0.454 e. The highest BCUT2D eigenvalue weighted by atomic mass is 35.5. The Labute approximate surface area is 165 Å². The number of nitro groups is 1. The average molecular weight is 411 g/mol. The zero-order valence-corrected chi connectivity index (χ0v) is 15.9. The molecule has 0 atom stereocenters. The number of benzene rings is 2. The SMILES string of the molecule is COCCN1CCc2cc(Oc3c(Cl)cc([N+](=O)[O-])cc3Cl)ccc2C1=O. The van der Waals surface area contributed by atoms with E-state index in [-0.39, 0.29) is 27.4 Å². The minimum absolute atomic E-state index is 0.0359. The number of halogens is 2. The Morgan fingerprint density at radius 1 is 1.22 bits per heavy atom. The van der Waals surface area contributed by atoms with Crippen molar-refractivity contribution in [3.05, 3.63) is 61.6 Å². The number of ether oxygens (including phenoxy) is 2. The lowest BCUT2D eigenvalue weighted by molar-refractivity contribution is -0.384. The number of hydrogen-bond donors (Lipinski definition) is 0. The van der Waals surface area contributed by atoms with Crippen molar-refractivity contribution in [3.8, 4) is 11.5 Å². The summed E-state index contributed by atoms with van der Waals surface area (Å²) in [6.45, 7) is 1.62. The molecule has 0 saturated carbocycles. The summed E-state index contributed by atoms with van der Waals surface area (Å²) in [6.07, 6.45) is 0.684. The van der Waals surface area contributed by atoms with Gasteiger partial charge in [0.25, 0.3) is 11.6 Å². The van der Waals surface area contributed by atoms with Gasteiger partial charge in [0.1, 0.15) is 5.75 Å². The number of fused-ring (bicyclic) bond motifs is 1. The van der Waals surface area contributed by atoms with Gasteiger partial charge in [-0.2, -0.15) is 0 Å². The molecule has 0 fully saturated rings. The Balaban J connectivity index is 1.83. The second-order valence-corrected chi connectivity index (χ2v) is 6.77. The third kappa shape index (κ3) is 4.16. The van der Waals surface area contributed by atoms with E-state index in [1.165, 1.54) is 12.1 Å². The van der Waals surface area contributed by atoms with Crippen LogP contribution in [0.25, 0.3) is 0 Å². The van der Waals surface area contributed by atoms with Crippen LogP contribution in [-0.4, -0.2) is 42.5 Å². The lowest BCUT2D eigenvalue weighted by Gasteiger charge is -2.28. The molecular formula is C18H16Cl2N2O5. The van der Waals surface area contributed by atoms with Crippen molar-refractivity contribution in [2.24, 2.45) is 0 Å². The van der Waals surface area contributed by atoms with Gasteiger partial charge >= 0.3 is 0 Å². The second-order valence-electron chi connectivity index (χ2n) is 5.95. The fourth-order valence-electron chi connectivity index (χ4n) is 2.86. The van der Waals surface area contributed by atoms with Crippen molar-refractivity contribution in [2.45, 2.75) is 6.42 Å². The number of nitrogens with zero attached hydrogens (tertiary/aromatic N) is 2. The van der Waals surface area contributed by atoms with Gasteiger partial charge in [0.15, 0.2) is 5.75 Å². The van der Waals surface area contributed by atoms with Gasteiger partial charge in [-0.25, -0.2) is 0 Å². The van der Waals surface area contributed by atoms with Crippen molar-refractivity contribution in [2.75, 3.05) is 26.8 Å². The van der Waals surface area contributed by atoms with E-state index in [0.717, 1.165) is 5.56 Å². The Morgan fingerprint density at radius 3 is 2.56 bits per heavy atom. The molecule has 7 nitrogen and oxygen atoms in total. The lowest BCUT2D eigenvalue weighted by Crippen LogP contribution is -2.39. The first-order valence-corrected chi connectivity index (χ1v) is 8.88. The van der Waals surface area contributed by atoms with Crippen LogP contribution in [-0.2, 0) is 11.2 Å². The molecule has 2 aromatic carbocycles. The van der Waals surface area contributed by atoms with Crippen LogP contribution in [0.2, 0.25) is 10.0 Å². The van der Waals surface area contributed by atoms with Crippen LogP contribution in [0.4, 0.5) is 5.69 Å². The number of amides is 1. The first-order valence-electron chi connectivity index (χ1n) is 8.13. The van der Waals surface area contributed by atoms with Crippen molar-refractivity contribution >= 4 is 34.8 Å². The molecule has 1 heterocycles. The normalized spacial score (nSPS) is 13.4. The van der Waals surface area contributed by atoms with E-state index < -0.39 is 4.92 Å². The molecule has 1 aliphatic heterocycles. The highest BCUT2D eigenvalue weighted by molar-refractivity contribution is 6.37. The van der Waals surface area contributed by atoms with Crippen molar-refractivity contribution < 1.29 is 19.2 Å². The number of methoxy groups -OCH3 is 1. The van der Waals surface area contributed by atoms with Crippen LogP contribution in [0.5, 0.6) is 11.5 Å². The first-order chi connectivity index (χ1) is 12.9. The van der Waals surface area contributed by atoms with Gasteiger partial charge in [0.2, 0.25) is 0 Å². The maximum atomic E-state index is 12.5. The van der Waals surface area contributed by atoms with Gasteiger partial charge in [0, 0.05) is 37.9 Å². The second kappa shape index (κ2) is 8.12. The molecule has 0 saturated heterocycles. The van der Waals surface area contributed by atoms with Crippen LogP contribution in [0.15, 0.2) is 30.3 Å². The molecule has 0 bridgehead atoms. The van der Waals surface area contributed by atoms with Gasteiger partial charge < -0.3 is 14.4 Å². The maximum absolute atomic E-state index is 12.5. The molecule has 0 aromatic heterocycles. The van der Waals surface area contributed by atoms with Crippen molar-refractivity contribution in [1.82, 2.24) is 4.90 Å². The topological polar surface area (TPSA) is 81.9 Å². The fraction of sp³-hybridized carbons (Fsp3) is 0.278. The van der Waals surface area contributed by atoms with Gasteiger partial charge in [0.05, 0.1) is 21.6 Å². The molecular weight excluding hydrogens is 395 g/mol. The quantitative estimate of drug-likeness (QED) is 0.522. The molecule has 0 radical (unpaired) electrons. The van der Waals surface area contributed by atoms with Gasteiger partial charge in [-0.3, -0.25) is 14.9 Å². The molecule has 27 heavy (non-hydrogen) atoms. The lowest BCUT2D eigenvalue weighted by atomic mass is 9.98. The Bertz CT molecular complexity index is 880. The molecule has 9 heteroatoms. The summed E-state index contributed by atoms with van der Waals surface area (Å²) in [5.74, 6) is 0.531. The van der Waals surface area contributed by atoms with E-state index >= 15 is 0 Å². The van der Waals surface area contributed by atoms with Crippen LogP contribution in [0, 0.1) is 10.1 Å². The zero-order chi connectivity index (χ0) is 19.6. The first kappa shape index (κ1) is 19.4. The number of non-ortho nitro benzene ring substituents is 1. The predicted molar refractivity (Wildman–Crippen MR) is 101 cm³/mol. The van der Waals surface area contributed by atoms with E-state index in [1.807, 2.05) is 0 Å². The van der Waals surface area contributed by atoms with Crippen molar-refractivity contribution in [3.63, 3.8) is 0 Å². The highest BCUT2D eigenvalue weighted by Gasteiger charge is 2.25. The Hall–Kier alpha value is -2.35. The summed E-state index contributed by atoms with van der Waals surface area (Å²) in [5, 5.41) is 10.9. The maximum Gasteiger partial charge on any atom is 0.272 e. The van der Waals surface area contributed by atoms with Crippen LogP contribution in [0.1, 0.15) is 15.9 Å². The van der Waals surface area contributed by atoms with Crippen LogP contribution >= 0.6 is 23.2 Å². The molecule has 2 aromatic rings. The predicted octanol–water partition coefficient (Wildman–Crippen LogP) is 4.34. The molecule has 1 amide bonds. The largest absolute Gasteiger partial charge is 0.454 e. The smallest absolute Gasteiger partial charge is 0.272 e. The van der Waals surface area contributed by atoms with Gasteiger partial charge in [-0.05, 0) is 30.2 Å². The zero-order valence-electron chi connectivity index (χ0n) is 14.4. The van der Waals surface area contributed by atoms with E-state index in [1.54, 1.807) is 30.2 Å². The standard InChI is InChI=1S/C18H16Cl2N2O5/c1-26-7-6-21-5-4-11-8-13(2-3-14(11)18(21)23)27-17-15(19)9-12(22(24)25)10-16(17)20/h2-3,8-10H,4-7H2,1H3. The third-order valence-corrected chi connectivity index (χ3v) is 4.79. The molecule has 1 aliphatic rings. The summed E-state index contributed by atoms with van der Waals surface area (Å²) in [4.78, 5) is 24.6. The van der Waals surface area contributed by atoms with Crippen molar-refractivity contribution in [1.29, 1.82) is 0 Å².